The average Bonchev–Trinajstić information content (AvgIpc) is 3.28. The summed E-state index contributed by atoms with van der Waals surface area (Å²) in [7, 11) is 0. The Hall–Kier alpha value is -1.40. The van der Waals surface area contributed by atoms with Crippen molar-refractivity contribution in [1.29, 1.82) is 0 Å². The Labute approximate surface area is 206 Å². The van der Waals surface area contributed by atoms with Crippen LogP contribution < -0.4 is 10.2 Å². The fourth-order valence-electron chi connectivity index (χ4n) is 7.83. The van der Waals surface area contributed by atoms with Crippen molar-refractivity contribution in [2.75, 3.05) is 41.4 Å². The van der Waals surface area contributed by atoms with Gasteiger partial charge in [0, 0.05) is 36.8 Å². The predicted molar refractivity (Wildman–Crippen MR) is 135 cm³/mol. The maximum atomic E-state index is 13.9. The predicted octanol–water partition coefficient (Wildman–Crippen LogP) is 5.04. The number of halogens is 1. The molecular formula is C26H34ClN3O2S. The number of nitrogens with one attached hydrogen (secondary N) is 1. The first kappa shape index (κ1) is 22.1. The largest absolute Gasteiger partial charge is 0.369 e. The zero-order valence-electron chi connectivity index (χ0n) is 19.2. The number of hydrogen-bond acceptors (Lipinski definition) is 4. The molecular weight excluding hydrogens is 454 g/mol. The second kappa shape index (κ2) is 8.67. The number of benzene rings is 1. The van der Waals surface area contributed by atoms with Gasteiger partial charge in [-0.05, 0) is 87.3 Å². The summed E-state index contributed by atoms with van der Waals surface area (Å²) in [6, 6.07) is 5.46. The molecule has 2 aliphatic heterocycles. The molecule has 2 amide bonds. The number of anilines is 2. The van der Waals surface area contributed by atoms with Crippen LogP contribution in [-0.4, -0.2) is 53.9 Å². The lowest BCUT2D eigenvalue weighted by Gasteiger charge is -2.56. The minimum absolute atomic E-state index is 0.0660. The monoisotopic (exact) mass is 487 g/mol. The van der Waals surface area contributed by atoms with Crippen LogP contribution in [0, 0.1) is 23.2 Å². The molecule has 0 spiro atoms. The van der Waals surface area contributed by atoms with Crippen molar-refractivity contribution in [3.63, 3.8) is 0 Å². The first-order valence-electron chi connectivity index (χ1n) is 12.7. The van der Waals surface area contributed by atoms with Crippen LogP contribution in [0.4, 0.5) is 11.4 Å². The van der Waals surface area contributed by atoms with E-state index in [4.69, 9.17) is 11.6 Å². The van der Waals surface area contributed by atoms with Gasteiger partial charge >= 0.3 is 0 Å². The molecule has 7 heteroatoms. The highest BCUT2D eigenvalue weighted by atomic mass is 35.5. The molecule has 0 radical (unpaired) electrons. The highest BCUT2D eigenvalue weighted by Crippen LogP contribution is 2.60. The third-order valence-corrected chi connectivity index (χ3v) is 10.1. The van der Waals surface area contributed by atoms with Gasteiger partial charge in [0.15, 0.2) is 0 Å². The molecule has 1 N–H and O–H groups in total. The van der Waals surface area contributed by atoms with Gasteiger partial charge in [0.05, 0.1) is 16.1 Å². The molecule has 6 aliphatic rings. The molecule has 178 valence electrons. The lowest BCUT2D eigenvalue weighted by Crippen LogP contribution is -2.56. The molecule has 2 heterocycles. The Kier molecular flexibility index (Phi) is 5.81. The van der Waals surface area contributed by atoms with E-state index >= 15 is 0 Å². The SMILES string of the molecule is O=C(Nc1ccc(N2CCSCC2)c(Cl)c1)C1CCCN1C(=O)C12CC3CC(CC(C3)C1)C2. The zero-order chi connectivity index (χ0) is 22.6. The van der Waals surface area contributed by atoms with Crippen LogP contribution >= 0.6 is 23.4 Å². The van der Waals surface area contributed by atoms with Gasteiger partial charge in [0.25, 0.3) is 0 Å². The van der Waals surface area contributed by atoms with Crippen molar-refractivity contribution in [2.24, 2.45) is 23.2 Å². The highest BCUT2D eigenvalue weighted by Gasteiger charge is 2.56. The lowest BCUT2D eigenvalue weighted by molar-refractivity contribution is -0.160. The van der Waals surface area contributed by atoms with Gasteiger partial charge in [-0.2, -0.15) is 11.8 Å². The van der Waals surface area contributed by atoms with E-state index in [-0.39, 0.29) is 23.3 Å². The van der Waals surface area contributed by atoms with E-state index in [1.54, 1.807) is 0 Å². The molecule has 1 aromatic rings. The van der Waals surface area contributed by atoms with E-state index in [1.165, 1.54) is 19.3 Å². The van der Waals surface area contributed by atoms with Gasteiger partial charge in [0.1, 0.15) is 6.04 Å². The molecule has 2 saturated heterocycles. The van der Waals surface area contributed by atoms with E-state index in [2.05, 4.69) is 10.2 Å². The summed E-state index contributed by atoms with van der Waals surface area (Å²) in [5, 5.41) is 3.75. The van der Waals surface area contributed by atoms with Crippen LogP contribution in [0.5, 0.6) is 0 Å². The Bertz CT molecular complexity index is 912. The van der Waals surface area contributed by atoms with Crippen LogP contribution in [-0.2, 0) is 9.59 Å². The first-order chi connectivity index (χ1) is 16.0. The smallest absolute Gasteiger partial charge is 0.247 e. The third kappa shape index (κ3) is 4.05. The molecule has 4 bridgehead atoms. The van der Waals surface area contributed by atoms with E-state index < -0.39 is 0 Å². The van der Waals surface area contributed by atoms with Gasteiger partial charge in [-0.15, -0.1) is 0 Å². The Morgan fingerprint density at radius 3 is 2.30 bits per heavy atom. The second-order valence-corrected chi connectivity index (χ2v) is 12.7. The van der Waals surface area contributed by atoms with Gasteiger partial charge < -0.3 is 15.1 Å². The summed E-state index contributed by atoms with van der Waals surface area (Å²) >= 11 is 8.57. The topological polar surface area (TPSA) is 52.7 Å². The molecule has 0 aromatic heterocycles. The van der Waals surface area contributed by atoms with E-state index in [0.29, 0.717) is 17.3 Å². The summed E-state index contributed by atoms with van der Waals surface area (Å²) in [4.78, 5) is 31.4. The summed E-state index contributed by atoms with van der Waals surface area (Å²) in [6.07, 6.45) is 8.78. The second-order valence-electron chi connectivity index (χ2n) is 11.1. The highest BCUT2D eigenvalue weighted by molar-refractivity contribution is 7.99. The summed E-state index contributed by atoms with van der Waals surface area (Å²) in [6.45, 7) is 2.71. The maximum Gasteiger partial charge on any atom is 0.247 e. The Morgan fingerprint density at radius 2 is 1.67 bits per heavy atom. The summed E-state index contributed by atoms with van der Waals surface area (Å²) in [5.74, 6) is 4.63. The van der Waals surface area contributed by atoms with Crippen LogP contribution in [0.3, 0.4) is 0 Å². The molecule has 6 fully saturated rings. The third-order valence-electron chi connectivity index (χ3n) is 8.88. The normalized spacial score (nSPS) is 35.2. The quantitative estimate of drug-likeness (QED) is 0.646. The van der Waals surface area contributed by atoms with E-state index in [9.17, 15) is 9.59 Å². The number of rotatable bonds is 4. The molecule has 4 saturated carbocycles. The molecule has 1 atom stereocenters. The fourth-order valence-corrected chi connectivity index (χ4v) is 9.03. The molecule has 33 heavy (non-hydrogen) atoms. The minimum Gasteiger partial charge on any atom is -0.369 e. The van der Waals surface area contributed by atoms with Crippen LogP contribution in [0.15, 0.2) is 18.2 Å². The number of likely N-dealkylation sites (tertiary alicyclic amines) is 1. The van der Waals surface area contributed by atoms with Crippen LogP contribution in [0.1, 0.15) is 51.4 Å². The van der Waals surface area contributed by atoms with Crippen LogP contribution in [0.2, 0.25) is 5.02 Å². The summed E-state index contributed by atoms with van der Waals surface area (Å²) in [5.41, 5.74) is 1.57. The van der Waals surface area contributed by atoms with Gasteiger partial charge in [0.2, 0.25) is 11.8 Å². The minimum atomic E-state index is -0.358. The maximum absolute atomic E-state index is 13.9. The molecule has 4 aliphatic carbocycles. The first-order valence-corrected chi connectivity index (χ1v) is 14.3. The van der Waals surface area contributed by atoms with Crippen molar-refractivity contribution in [1.82, 2.24) is 4.90 Å². The van der Waals surface area contributed by atoms with E-state index in [1.807, 2.05) is 34.9 Å². The van der Waals surface area contributed by atoms with Crippen molar-refractivity contribution in [3.05, 3.63) is 23.2 Å². The standard InChI is InChI=1S/C26H34ClN3O2S/c27-21-13-20(3-4-22(21)29-6-8-33-9-7-29)28-24(31)23-2-1-5-30(23)25(32)26-14-17-10-18(15-26)12-19(11-17)16-26/h3-4,13,17-19,23H,1-2,5-12,14-16H2,(H,28,31). The number of nitrogens with zero attached hydrogens (tertiary/aromatic N) is 2. The van der Waals surface area contributed by atoms with Crippen molar-refractivity contribution in [3.8, 4) is 0 Å². The van der Waals surface area contributed by atoms with Crippen LogP contribution in [0.25, 0.3) is 0 Å². The van der Waals surface area contributed by atoms with E-state index in [0.717, 1.165) is 80.1 Å². The Morgan fingerprint density at radius 1 is 1.00 bits per heavy atom. The van der Waals surface area contributed by atoms with Crippen molar-refractivity contribution >= 4 is 46.6 Å². The molecule has 7 rings (SSSR count). The van der Waals surface area contributed by atoms with Gasteiger partial charge in [-0.1, -0.05) is 11.6 Å². The van der Waals surface area contributed by atoms with Crippen molar-refractivity contribution < 1.29 is 9.59 Å². The Balaban J connectivity index is 1.15. The number of amides is 2. The average molecular weight is 488 g/mol. The van der Waals surface area contributed by atoms with Gasteiger partial charge in [-0.3, -0.25) is 9.59 Å². The number of carbonyl (C=O) groups excluding carboxylic acids is 2. The molecule has 1 aromatic carbocycles. The number of hydrogen-bond donors (Lipinski definition) is 1. The molecule has 1 unspecified atom stereocenters. The number of thioether (sulfide) groups is 1. The lowest BCUT2D eigenvalue weighted by atomic mass is 9.49. The number of carbonyl (C=O) groups is 2. The molecule has 5 nitrogen and oxygen atoms in total. The van der Waals surface area contributed by atoms with Crippen molar-refractivity contribution in [2.45, 2.75) is 57.4 Å². The zero-order valence-corrected chi connectivity index (χ0v) is 20.8. The summed E-state index contributed by atoms with van der Waals surface area (Å²) < 4.78 is 0. The van der Waals surface area contributed by atoms with Gasteiger partial charge in [-0.25, -0.2) is 0 Å². The fraction of sp³-hybridized carbons (Fsp3) is 0.692.